The van der Waals surface area contributed by atoms with Gasteiger partial charge in [0, 0.05) is 19.8 Å². The molecule has 0 aliphatic heterocycles. The summed E-state index contributed by atoms with van der Waals surface area (Å²) in [6, 6.07) is 0. The second-order valence-corrected chi connectivity index (χ2v) is 7.07. The smallest absolute Gasteiger partial charge is 0.373 e. The third-order valence-electron chi connectivity index (χ3n) is 1.58. The molecule has 3 nitrogen and oxygen atoms in total. The number of alkyl halides is 1. The van der Waals surface area contributed by atoms with Crippen molar-refractivity contribution in [3.63, 3.8) is 0 Å². The quantitative estimate of drug-likeness (QED) is 0.389. The van der Waals surface area contributed by atoms with E-state index >= 15 is 0 Å². The van der Waals surface area contributed by atoms with Crippen LogP contribution in [-0.2, 0) is 13.3 Å². The molecule has 0 rings (SSSR count). The van der Waals surface area contributed by atoms with Gasteiger partial charge in [-0.05, 0) is 20.8 Å². The molecule has 14 heavy (non-hydrogen) atoms. The molecular formula is C9H19BrO3Si. The highest BCUT2D eigenvalue weighted by molar-refractivity contribution is 9.10. The summed E-state index contributed by atoms with van der Waals surface area (Å²) in [5.41, 5.74) is 0. The van der Waals surface area contributed by atoms with E-state index in [0.717, 1.165) is 0 Å². The van der Waals surface area contributed by atoms with Gasteiger partial charge in [-0.25, -0.2) is 0 Å². The summed E-state index contributed by atoms with van der Waals surface area (Å²) < 4.78 is 16.9. The average Bonchev–Trinajstić information content (AvgIpc) is 2.17. The topological polar surface area (TPSA) is 27.7 Å². The number of halogens is 1. The van der Waals surface area contributed by atoms with Crippen LogP contribution in [0.2, 0.25) is 0 Å². The zero-order valence-electron chi connectivity index (χ0n) is 9.09. The Morgan fingerprint density at radius 2 is 1.50 bits per heavy atom. The van der Waals surface area contributed by atoms with E-state index < -0.39 is 8.80 Å². The van der Waals surface area contributed by atoms with Gasteiger partial charge >= 0.3 is 8.80 Å². The lowest BCUT2D eigenvalue weighted by Gasteiger charge is -2.30. The van der Waals surface area contributed by atoms with Crippen LogP contribution >= 0.6 is 15.9 Å². The van der Waals surface area contributed by atoms with Crippen LogP contribution in [0.25, 0.3) is 0 Å². The maximum absolute atomic E-state index is 5.64. The van der Waals surface area contributed by atoms with Crippen LogP contribution in [0, 0.1) is 0 Å². The fraction of sp³-hybridized carbons (Fsp3) is 0.778. The predicted octanol–water partition coefficient (Wildman–Crippen LogP) is 2.52. The Morgan fingerprint density at radius 3 is 1.71 bits per heavy atom. The van der Waals surface area contributed by atoms with Crippen LogP contribution in [0.15, 0.2) is 12.7 Å². The van der Waals surface area contributed by atoms with Crippen molar-refractivity contribution in [2.24, 2.45) is 0 Å². The van der Waals surface area contributed by atoms with Gasteiger partial charge in [-0.15, -0.1) is 6.58 Å². The monoisotopic (exact) mass is 282 g/mol. The van der Waals surface area contributed by atoms with Crippen molar-refractivity contribution >= 4 is 24.7 Å². The highest BCUT2D eigenvalue weighted by atomic mass is 79.9. The number of hydrogen-bond donors (Lipinski definition) is 0. The van der Waals surface area contributed by atoms with E-state index in [4.69, 9.17) is 13.3 Å². The SMILES string of the molecule is C=CC(Br)[Si](OCC)(OCC)OCC. The Bertz CT molecular complexity index is 149. The number of hydrogen-bond acceptors (Lipinski definition) is 3. The molecule has 0 saturated heterocycles. The molecule has 84 valence electrons. The van der Waals surface area contributed by atoms with E-state index in [1.807, 2.05) is 20.8 Å². The van der Waals surface area contributed by atoms with Crippen LogP contribution in [0.3, 0.4) is 0 Å². The minimum absolute atomic E-state index is 0.0464. The lowest BCUT2D eigenvalue weighted by Crippen LogP contribution is -2.53. The first-order valence-electron chi connectivity index (χ1n) is 4.85. The van der Waals surface area contributed by atoms with Crippen molar-refractivity contribution in [2.45, 2.75) is 25.2 Å². The van der Waals surface area contributed by atoms with Crippen LogP contribution in [0.1, 0.15) is 20.8 Å². The van der Waals surface area contributed by atoms with Crippen molar-refractivity contribution in [1.82, 2.24) is 0 Å². The molecular weight excluding hydrogens is 264 g/mol. The van der Waals surface area contributed by atoms with E-state index in [-0.39, 0.29) is 4.45 Å². The van der Waals surface area contributed by atoms with Gasteiger partial charge < -0.3 is 13.3 Å². The third-order valence-corrected chi connectivity index (χ3v) is 6.62. The molecule has 0 saturated carbocycles. The summed E-state index contributed by atoms with van der Waals surface area (Å²) >= 11 is 3.47. The molecule has 5 heteroatoms. The van der Waals surface area contributed by atoms with E-state index in [9.17, 15) is 0 Å². The predicted molar refractivity (Wildman–Crippen MR) is 63.5 cm³/mol. The fourth-order valence-electron chi connectivity index (χ4n) is 1.11. The molecule has 0 aromatic rings. The molecule has 0 aromatic carbocycles. The second-order valence-electron chi connectivity index (χ2n) is 2.54. The maximum Gasteiger partial charge on any atom is 0.519 e. The Balaban J connectivity index is 4.61. The maximum atomic E-state index is 5.64. The van der Waals surface area contributed by atoms with Crippen LogP contribution in [-0.4, -0.2) is 33.1 Å². The minimum atomic E-state index is -2.60. The highest BCUT2D eigenvalue weighted by Gasteiger charge is 2.46. The van der Waals surface area contributed by atoms with Gasteiger partial charge in [-0.2, -0.15) is 0 Å². The summed E-state index contributed by atoms with van der Waals surface area (Å²) in [4.78, 5) is 0. The van der Waals surface area contributed by atoms with E-state index in [1.54, 1.807) is 6.08 Å². The lowest BCUT2D eigenvalue weighted by molar-refractivity contribution is 0.0731. The van der Waals surface area contributed by atoms with E-state index in [1.165, 1.54) is 0 Å². The highest BCUT2D eigenvalue weighted by Crippen LogP contribution is 2.22. The molecule has 0 aliphatic rings. The first-order valence-corrected chi connectivity index (χ1v) is 7.57. The molecule has 1 unspecified atom stereocenters. The van der Waals surface area contributed by atoms with Gasteiger partial charge in [0.05, 0.1) is 0 Å². The van der Waals surface area contributed by atoms with Crippen molar-refractivity contribution in [3.8, 4) is 0 Å². The zero-order chi connectivity index (χ0) is 11.0. The summed E-state index contributed by atoms with van der Waals surface area (Å²) in [5, 5.41) is 0. The summed E-state index contributed by atoms with van der Waals surface area (Å²) in [6.07, 6.45) is 1.76. The van der Waals surface area contributed by atoms with Crippen molar-refractivity contribution in [2.75, 3.05) is 19.8 Å². The Labute approximate surface area is 95.9 Å². The molecule has 0 N–H and O–H groups in total. The molecule has 0 aliphatic carbocycles. The molecule has 0 bridgehead atoms. The van der Waals surface area contributed by atoms with Crippen molar-refractivity contribution in [3.05, 3.63) is 12.7 Å². The Kier molecular flexibility index (Phi) is 7.76. The Hall–Kier alpha value is 0.317. The lowest BCUT2D eigenvalue weighted by atomic mass is 10.8. The van der Waals surface area contributed by atoms with Gasteiger partial charge in [0.25, 0.3) is 0 Å². The normalized spacial score (nSPS) is 14.0. The van der Waals surface area contributed by atoms with Gasteiger partial charge in [0.2, 0.25) is 0 Å². The molecule has 0 aromatic heterocycles. The van der Waals surface area contributed by atoms with E-state index in [0.29, 0.717) is 19.8 Å². The number of allylic oxidation sites excluding steroid dienone is 1. The van der Waals surface area contributed by atoms with Gasteiger partial charge in [-0.1, -0.05) is 22.0 Å². The summed E-state index contributed by atoms with van der Waals surface area (Å²) in [5.74, 6) is 0. The zero-order valence-corrected chi connectivity index (χ0v) is 11.7. The average molecular weight is 283 g/mol. The molecule has 0 spiro atoms. The third kappa shape index (κ3) is 3.82. The Morgan fingerprint density at radius 1 is 1.14 bits per heavy atom. The molecule has 0 heterocycles. The fourth-order valence-corrected chi connectivity index (χ4v) is 4.52. The van der Waals surface area contributed by atoms with Crippen molar-refractivity contribution in [1.29, 1.82) is 0 Å². The first kappa shape index (κ1) is 14.3. The minimum Gasteiger partial charge on any atom is -0.373 e. The molecule has 1 atom stereocenters. The first-order chi connectivity index (χ1) is 6.66. The molecule has 0 fully saturated rings. The van der Waals surface area contributed by atoms with Crippen LogP contribution in [0.5, 0.6) is 0 Å². The largest absolute Gasteiger partial charge is 0.519 e. The molecule has 0 amide bonds. The van der Waals surface area contributed by atoms with Gasteiger partial charge in [-0.3, -0.25) is 0 Å². The van der Waals surface area contributed by atoms with Gasteiger partial charge in [0.1, 0.15) is 4.45 Å². The van der Waals surface area contributed by atoms with Gasteiger partial charge in [0.15, 0.2) is 0 Å². The van der Waals surface area contributed by atoms with Crippen molar-refractivity contribution < 1.29 is 13.3 Å². The summed E-state index contributed by atoms with van der Waals surface area (Å²) in [7, 11) is -2.60. The van der Waals surface area contributed by atoms with Crippen LogP contribution < -0.4 is 0 Å². The second kappa shape index (κ2) is 7.59. The standard InChI is InChI=1S/C9H19BrO3Si/c1-5-9(10)14(11-6-2,12-7-3)13-8-4/h5,9H,1,6-8H2,2-4H3. The summed E-state index contributed by atoms with van der Waals surface area (Å²) in [6.45, 7) is 11.3. The van der Waals surface area contributed by atoms with Crippen LogP contribution in [0.4, 0.5) is 0 Å². The molecule has 0 radical (unpaired) electrons. The van der Waals surface area contributed by atoms with E-state index in [2.05, 4.69) is 22.5 Å². The number of rotatable bonds is 8.